The zero-order chi connectivity index (χ0) is 11.1. The summed E-state index contributed by atoms with van der Waals surface area (Å²) in [5.74, 6) is -0.321. The lowest BCUT2D eigenvalue weighted by molar-refractivity contribution is -0.140. The summed E-state index contributed by atoms with van der Waals surface area (Å²) in [6.45, 7) is 3.03. The van der Waals surface area contributed by atoms with Crippen molar-refractivity contribution < 1.29 is 9.53 Å². The maximum Gasteiger partial charge on any atom is 0.320 e. The van der Waals surface area contributed by atoms with Gasteiger partial charge in [-0.15, -0.1) is 0 Å². The molecule has 0 spiro atoms. The predicted octanol–water partition coefficient (Wildman–Crippen LogP) is 1.01. The zero-order valence-electron chi connectivity index (χ0n) is 8.66. The molecular weight excluding hydrogens is 248 g/mol. The van der Waals surface area contributed by atoms with Gasteiger partial charge in [0.2, 0.25) is 0 Å². The molecule has 0 radical (unpaired) electrons. The van der Waals surface area contributed by atoms with Gasteiger partial charge in [-0.05, 0) is 14.0 Å². The number of hydrogen-bond donors (Lipinski definition) is 0. The zero-order valence-corrected chi connectivity index (χ0v) is 10.2. The van der Waals surface area contributed by atoms with Gasteiger partial charge in [-0.3, -0.25) is 4.79 Å². The third-order valence-electron chi connectivity index (χ3n) is 1.73. The number of hydrogen-bond acceptors (Lipinski definition) is 4. The Hall–Kier alpha value is -0.600. The van der Waals surface area contributed by atoms with Crippen molar-refractivity contribution in [1.82, 2.24) is 4.90 Å². The molecule has 0 aliphatic heterocycles. The van der Waals surface area contributed by atoms with E-state index in [-0.39, 0.29) is 16.7 Å². The quantitative estimate of drug-likeness (QED) is 0.549. The van der Waals surface area contributed by atoms with Gasteiger partial charge in [-0.2, -0.15) is 5.26 Å². The number of nitriles is 1. The summed E-state index contributed by atoms with van der Waals surface area (Å²) in [5, 5.41) is 8.59. The summed E-state index contributed by atoms with van der Waals surface area (Å²) in [6, 6.07) is 2.14. The molecule has 14 heavy (non-hydrogen) atoms. The summed E-state index contributed by atoms with van der Waals surface area (Å²) in [7, 11) is 3.22. The first-order valence-electron chi connectivity index (χ1n) is 4.31. The Morgan fingerprint density at radius 2 is 2.21 bits per heavy atom. The first kappa shape index (κ1) is 13.4. The molecule has 0 aromatic heterocycles. The standard InChI is InChI=1S/C9H15BrN2O2/c1-7(4-11)5-12(2)6-8(10)9(13)14-3/h7-8H,5-6H2,1-3H3. The molecule has 0 bridgehead atoms. The van der Waals surface area contributed by atoms with Crippen LogP contribution in [0.2, 0.25) is 0 Å². The van der Waals surface area contributed by atoms with Crippen molar-refractivity contribution in [3.63, 3.8) is 0 Å². The first-order chi connectivity index (χ1) is 6.51. The van der Waals surface area contributed by atoms with Gasteiger partial charge in [0.05, 0.1) is 19.1 Å². The molecule has 0 aromatic rings. The maximum atomic E-state index is 11.0. The van der Waals surface area contributed by atoms with Crippen LogP contribution >= 0.6 is 15.9 Å². The number of esters is 1. The fourth-order valence-corrected chi connectivity index (χ4v) is 1.74. The molecule has 0 rings (SSSR count). The van der Waals surface area contributed by atoms with Crippen molar-refractivity contribution in [3.8, 4) is 6.07 Å². The highest BCUT2D eigenvalue weighted by Crippen LogP contribution is 2.05. The minimum absolute atomic E-state index is 0.0302. The van der Waals surface area contributed by atoms with E-state index in [4.69, 9.17) is 5.26 Å². The molecule has 2 unspecified atom stereocenters. The average molecular weight is 263 g/mol. The Balaban J connectivity index is 3.89. The van der Waals surface area contributed by atoms with E-state index >= 15 is 0 Å². The number of methoxy groups -OCH3 is 1. The van der Waals surface area contributed by atoms with Gasteiger partial charge in [0.1, 0.15) is 4.83 Å². The second-order valence-electron chi connectivity index (χ2n) is 3.24. The first-order valence-corrected chi connectivity index (χ1v) is 5.22. The second-order valence-corrected chi connectivity index (χ2v) is 4.35. The molecular formula is C9H15BrN2O2. The number of alkyl halides is 1. The topological polar surface area (TPSA) is 53.3 Å². The van der Waals surface area contributed by atoms with E-state index in [0.29, 0.717) is 13.1 Å². The number of ether oxygens (including phenoxy) is 1. The molecule has 0 saturated heterocycles. The highest BCUT2D eigenvalue weighted by molar-refractivity contribution is 9.10. The van der Waals surface area contributed by atoms with E-state index in [2.05, 4.69) is 26.7 Å². The fourth-order valence-electron chi connectivity index (χ4n) is 1.06. The van der Waals surface area contributed by atoms with E-state index in [1.54, 1.807) is 0 Å². The maximum absolute atomic E-state index is 11.0. The van der Waals surface area contributed by atoms with Crippen LogP contribution in [-0.2, 0) is 9.53 Å². The Bertz CT molecular complexity index is 227. The minimum Gasteiger partial charge on any atom is -0.468 e. The van der Waals surface area contributed by atoms with Crippen LogP contribution in [0.5, 0.6) is 0 Å². The van der Waals surface area contributed by atoms with Crippen molar-refractivity contribution in [2.24, 2.45) is 5.92 Å². The second kappa shape index (κ2) is 6.80. The van der Waals surface area contributed by atoms with Crippen molar-refractivity contribution in [2.75, 3.05) is 27.2 Å². The monoisotopic (exact) mass is 262 g/mol. The van der Waals surface area contributed by atoms with Crippen molar-refractivity contribution in [3.05, 3.63) is 0 Å². The fraction of sp³-hybridized carbons (Fsp3) is 0.778. The highest BCUT2D eigenvalue weighted by Gasteiger charge is 2.17. The van der Waals surface area contributed by atoms with E-state index in [1.807, 2.05) is 18.9 Å². The van der Waals surface area contributed by atoms with E-state index in [9.17, 15) is 4.79 Å². The lowest BCUT2D eigenvalue weighted by Gasteiger charge is -2.19. The van der Waals surface area contributed by atoms with E-state index < -0.39 is 0 Å². The minimum atomic E-state index is -0.330. The Kier molecular flexibility index (Phi) is 6.50. The Morgan fingerprint density at radius 3 is 2.64 bits per heavy atom. The van der Waals surface area contributed by atoms with Gasteiger partial charge in [0.25, 0.3) is 0 Å². The lowest BCUT2D eigenvalue weighted by Crippen LogP contribution is -2.33. The van der Waals surface area contributed by atoms with Crippen molar-refractivity contribution in [2.45, 2.75) is 11.8 Å². The normalized spacial score (nSPS) is 14.6. The molecule has 2 atom stereocenters. The van der Waals surface area contributed by atoms with Crippen LogP contribution in [0.3, 0.4) is 0 Å². The average Bonchev–Trinajstić information content (AvgIpc) is 2.15. The molecule has 0 heterocycles. The van der Waals surface area contributed by atoms with Gasteiger partial charge in [0.15, 0.2) is 0 Å². The van der Waals surface area contributed by atoms with Crippen LogP contribution in [0, 0.1) is 17.2 Å². The van der Waals surface area contributed by atoms with Gasteiger partial charge in [-0.25, -0.2) is 0 Å². The van der Waals surface area contributed by atoms with Crippen LogP contribution in [0.1, 0.15) is 6.92 Å². The molecule has 0 saturated carbocycles. The SMILES string of the molecule is COC(=O)C(Br)CN(C)CC(C)C#N. The number of rotatable bonds is 5. The van der Waals surface area contributed by atoms with Crippen LogP contribution in [-0.4, -0.2) is 42.9 Å². The molecule has 4 nitrogen and oxygen atoms in total. The number of carbonyl (C=O) groups excluding carboxylic acids is 1. The summed E-state index contributed by atoms with van der Waals surface area (Å²) >= 11 is 3.22. The molecule has 80 valence electrons. The smallest absolute Gasteiger partial charge is 0.320 e. The Morgan fingerprint density at radius 1 is 1.64 bits per heavy atom. The summed E-state index contributed by atoms with van der Waals surface area (Å²) in [6.07, 6.45) is 0. The number of nitrogens with zero attached hydrogens (tertiary/aromatic N) is 2. The molecule has 0 aliphatic rings. The van der Waals surface area contributed by atoms with Crippen LogP contribution in [0.25, 0.3) is 0 Å². The number of halogens is 1. The molecule has 0 fully saturated rings. The molecule has 0 N–H and O–H groups in total. The molecule has 0 aromatic carbocycles. The van der Waals surface area contributed by atoms with E-state index in [0.717, 1.165) is 0 Å². The summed E-state index contributed by atoms with van der Waals surface area (Å²) in [5.41, 5.74) is 0. The highest BCUT2D eigenvalue weighted by atomic mass is 79.9. The van der Waals surface area contributed by atoms with Crippen LogP contribution in [0.15, 0.2) is 0 Å². The summed E-state index contributed by atoms with van der Waals surface area (Å²) < 4.78 is 4.57. The van der Waals surface area contributed by atoms with Crippen LogP contribution < -0.4 is 0 Å². The Labute approximate surface area is 93.0 Å². The van der Waals surface area contributed by atoms with Gasteiger partial charge in [-0.1, -0.05) is 15.9 Å². The lowest BCUT2D eigenvalue weighted by atomic mass is 10.2. The molecule has 0 aliphatic carbocycles. The predicted molar refractivity (Wildman–Crippen MR) is 57.0 cm³/mol. The third-order valence-corrected chi connectivity index (χ3v) is 2.40. The summed E-state index contributed by atoms with van der Waals surface area (Å²) in [4.78, 5) is 12.6. The molecule has 0 amide bonds. The van der Waals surface area contributed by atoms with Gasteiger partial charge in [0, 0.05) is 13.1 Å². The van der Waals surface area contributed by atoms with E-state index in [1.165, 1.54) is 7.11 Å². The van der Waals surface area contributed by atoms with Crippen molar-refractivity contribution in [1.29, 1.82) is 5.26 Å². The van der Waals surface area contributed by atoms with Gasteiger partial charge >= 0.3 is 5.97 Å². The number of carbonyl (C=O) groups is 1. The van der Waals surface area contributed by atoms with Gasteiger partial charge < -0.3 is 9.64 Å². The molecule has 5 heteroatoms. The van der Waals surface area contributed by atoms with Crippen LogP contribution in [0.4, 0.5) is 0 Å². The largest absolute Gasteiger partial charge is 0.468 e. The third kappa shape index (κ3) is 5.20. The van der Waals surface area contributed by atoms with Crippen molar-refractivity contribution >= 4 is 21.9 Å².